The number of rotatable bonds is 2. The largest absolute Gasteiger partial charge is 1.00 e. The predicted octanol–water partition coefficient (Wildman–Crippen LogP) is -2.37. The summed E-state index contributed by atoms with van der Waals surface area (Å²) in [5.41, 5.74) is 0.537. The molecule has 0 saturated carbocycles. The van der Waals surface area contributed by atoms with E-state index >= 15 is 0 Å². The minimum Gasteiger partial charge on any atom is -0.744 e. The van der Waals surface area contributed by atoms with Crippen LogP contribution in [-0.4, -0.2) is 13.0 Å². The zero-order chi connectivity index (χ0) is 7.49. The molecule has 0 rings (SSSR count). The fraction of sp³-hybridized carbons (Fsp3) is 0.200. The molecule has 0 aromatic heterocycles. The standard InChI is InChI=1S/C5H8O3S.K/c1-5(2)3-4-9(6,7)8;/h3-4H,1H2,2H3,(H,6,7,8);/q;+1/p-1. The smallest absolute Gasteiger partial charge is 0.744 e. The molecule has 0 aliphatic carbocycles. The van der Waals surface area contributed by atoms with E-state index in [0.29, 0.717) is 11.0 Å². The van der Waals surface area contributed by atoms with Gasteiger partial charge in [0.25, 0.3) is 0 Å². The van der Waals surface area contributed by atoms with Crippen LogP contribution in [0.15, 0.2) is 23.6 Å². The SMILES string of the molecule is C=C(C)C=CS(=O)(=O)[O-].[K+]. The third-order valence-electron chi connectivity index (χ3n) is 0.519. The molecule has 10 heavy (non-hydrogen) atoms. The third-order valence-corrected chi connectivity index (χ3v) is 0.989. The first kappa shape index (κ1) is 13.6. The van der Waals surface area contributed by atoms with Gasteiger partial charge in [-0.2, -0.15) is 0 Å². The second kappa shape index (κ2) is 5.65. The molecular formula is C5H7KO3S. The van der Waals surface area contributed by atoms with Crippen LogP contribution in [0, 0.1) is 0 Å². The van der Waals surface area contributed by atoms with Crippen LogP contribution in [0.4, 0.5) is 0 Å². The summed E-state index contributed by atoms with van der Waals surface area (Å²) in [6.45, 7) is 4.97. The Morgan fingerprint density at radius 2 is 2.00 bits per heavy atom. The quantitative estimate of drug-likeness (QED) is 0.275. The molecule has 0 saturated heterocycles. The number of hydrogen-bond donors (Lipinski definition) is 0. The van der Waals surface area contributed by atoms with Gasteiger partial charge in [-0.05, 0) is 13.0 Å². The van der Waals surface area contributed by atoms with Gasteiger partial charge in [0, 0.05) is 5.41 Å². The zero-order valence-corrected chi connectivity index (χ0v) is 9.93. The van der Waals surface area contributed by atoms with Crippen molar-refractivity contribution in [1.29, 1.82) is 0 Å². The van der Waals surface area contributed by atoms with E-state index < -0.39 is 10.1 Å². The van der Waals surface area contributed by atoms with Crippen LogP contribution in [0.2, 0.25) is 0 Å². The molecule has 0 aliphatic rings. The Morgan fingerprint density at radius 1 is 1.60 bits per heavy atom. The van der Waals surface area contributed by atoms with E-state index in [1.165, 1.54) is 0 Å². The van der Waals surface area contributed by atoms with Gasteiger partial charge in [0.05, 0.1) is 0 Å². The Morgan fingerprint density at radius 3 is 2.10 bits per heavy atom. The maximum Gasteiger partial charge on any atom is 1.00 e. The average molecular weight is 186 g/mol. The van der Waals surface area contributed by atoms with Crippen LogP contribution in [0.1, 0.15) is 6.92 Å². The molecule has 0 amide bonds. The Hall–Kier alpha value is 1.03. The summed E-state index contributed by atoms with van der Waals surface area (Å²) in [5, 5.41) is 0.579. The molecule has 0 radical (unpaired) electrons. The molecule has 3 nitrogen and oxygen atoms in total. The molecule has 0 spiro atoms. The van der Waals surface area contributed by atoms with Crippen LogP contribution in [-0.2, 0) is 10.1 Å². The van der Waals surface area contributed by atoms with Crippen LogP contribution >= 0.6 is 0 Å². The van der Waals surface area contributed by atoms with Gasteiger partial charge < -0.3 is 4.55 Å². The van der Waals surface area contributed by atoms with Gasteiger partial charge in [-0.3, -0.25) is 0 Å². The van der Waals surface area contributed by atoms with Crippen molar-refractivity contribution in [2.24, 2.45) is 0 Å². The zero-order valence-electron chi connectivity index (χ0n) is 5.99. The van der Waals surface area contributed by atoms with Crippen LogP contribution in [0.3, 0.4) is 0 Å². The van der Waals surface area contributed by atoms with Gasteiger partial charge in [-0.25, -0.2) is 8.42 Å². The Kier molecular flexibility index (Phi) is 7.68. The molecular weight excluding hydrogens is 179 g/mol. The van der Waals surface area contributed by atoms with Gasteiger partial charge >= 0.3 is 51.4 Å². The Bertz CT molecular complexity index is 227. The van der Waals surface area contributed by atoms with Crippen LogP contribution in [0.25, 0.3) is 0 Å². The molecule has 0 fully saturated rings. The van der Waals surface area contributed by atoms with Gasteiger partial charge in [0.1, 0.15) is 10.1 Å². The van der Waals surface area contributed by atoms with Crippen molar-refractivity contribution in [1.82, 2.24) is 0 Å². The van der Waals surface area contributed by atoms with Crippen molar-refractivity contribution in [3.8, 4) is 0 Å². The summed E-state index contributed by atoms with van der Waals surface area (Å²) in [7, 11) is -4.21. The summed E-state index contributed by atoms with van der Waals surface area (Å²) < 4.78 is 29.6. The summed E-state index contributed by atoms with van der Waals surface area (Å²) in [6.07, 6.45) is 1.16. The predicted molar refractivity (Wildman–Crippen MR) is 33.7 cm³/mol. The van der Waals surface area contributed by atoms with E-state index in [9.17, 15) is 13.0 Å². The molecule has 0 heterocycles. The van der Waals surface area contributed by atoms with Gasteiger partial charge in [0.2, 0.25) is 0 Å². The number of hydrogen-bond acceptors (Lipinski definition) is 3. The van der Waals surface area contributed by atoms with Crippen molar-refractivity contribution in [3.63, 3.8) is 0 Å². The van der Waals surface area contributed by atoms with E-state index in [1.807, 2.05) is 0 Å². The summed E-state index contributed by atoms with van der Waals surface area (Å²) in [6, 6.07) is 0. The van der Waals surface area contributed by atoms with Gasteiger partial charge in [0.15, 0.2) is 0 Å². The van der Waals surface area contributed by atoms with Gasteiger partial charge in [-0.1, -0.05) is 12.2 Å². The first-order valence-electron chi connectivity index (χ1n) is 2.21. The molecule has 0 unspecified atom stereocenters. The van der Waals surface area contributed by atoms with Crippen molar-refractivity contribution in [3.05, 3.63) is 23.6 Å². The van der Waals surface area contributed by atoms with E-state index in [1.54, 1.807) is 6.92 Å². The van der Waals surface area contributed by atoms with Crippen LogP contribution < -0.4 is 51.4 Å². The molecule has 0 atom stereocenters. The molecule has 0 aliphatic heterocycles. The maximum absolute atomic E-state index is 9.85. The van der Waals surface area contributed by atoms with Crippen molar-refractivity contribution >= 4 is 10.1 Å². The van der Waals surface area contributed by atoms with E-state index in [0.717, 1.165) is 6.08 Å². The first-order valence-corrected chi connectivity index (χ1v) is 3.68. The topological polar surface area (TPSA) is 57.2 Å². The van der Waals surface area contributed by atoms with E-state index in [2.05, 4.69) is 6.58 Å². The van der Waals surface area contributed by atoms with E-state index in [4.69, 9.17) is 0 Å². The Labute approximate surface area is 103 Å². The summed E-state index contributed by atoms with van der Waals surface area (Å²) in [4.78, 5) is 0. The molecule has 0 bridgehead atoms. The molecule has 0 aromatic rings. The number of allylic oxidation sites excluding steroid dienone is 2. The fourth-order valence-corrected chi connectivity index (χ4v) is 0.598. The summed E-state index contributed by atoms with van der Waals surface area (Å²) in [5.74, 6) is 0. The third kappa shape index (κ3) is 11.8. The van der Waals surface area contributed by atoms with Crippen molar-refractivity contribution < 1.29 is 64.4 Å². The van der Waals surface area contributed by atoms with Gasteiger partial charge in [-0.15, -0.1) is 0 Å². The average Bonchev–Trinajstić information content (AvgIpc) is 1.59. The monoisotopic (exact) mass is 186 g/mol. The molecule has 5 heteroatoms. The normalized spacial score (nSPS) is 11.0. The fourth-order valence-electron chi connectivity index (χ4n) is 0.199. The van der Waals surface area contributed by atoms with E-state index in [-0.39, 0.29) is 51.4 Å². The summed E-state index contributed by atoms with van der Waals surface area (Å²) >= 11 is 0. The second-order valence-corrected chi connectivity index (χ2v) is 2.90. The van der Waals surface area contributed by atoms with Crippen molar-refractivity contribution in [2.75, 3.05) is 0 Å². The van der Waals surface area contributed by atoms with Crippen molar-refractivity contribution in [2.45, 2.75) is 6.92 Å². The molecule has 52 valence electrons. The van der Waals surface area contributed by atoms with Crippen LogP contribution in [0.5, 0.6) is 0 Å². The maximum atomic E-state index is 9.85. The minimum atomic E-state index is -4.21. The second-order valence-electron chi connectivity index (χ2n) is 1.64. The molecule has 0 aromatic carbocycles. The first-order chi connectivity index (χ1) is 3.92. The molecule has 0 N–H and O–H groups in total. The minimum absolute atomic E-state index is 0. The Balaban J connectivity index is 0.